The number of rotatable bonds is 5. The van der Waals surface area contributed by atoms with Crippen LogP contribution in [0, 0.1) is 5.92 Å². The van der Waals surface area contributed by atoms with Crippen LogP contribution in [0.5, 0.6) is 0 Å². The van der Waals surface area contributed by atoms with Crippen molar-refractivity contribution in [2.75, 3.05) is 20.2 Å². The van der Waals surface area contributed by atoms with Crippen LogP contribution < -0.4 is 10.6 Å². The first-order valence-corrected chi connectivity index (χ1v) is 5.85. The Hall–Kier alpha value is -1.63. The summed E-state index contributed by atoms with van der Waals surface area (Å²) in [4.78, 5) is 33.8. The summed E-state index contributed by atoms with van der Waals surface area (Å²) in [6.45, 7) is 1.41. The van der Waals surface area contributed by atoms with Gasteiger partial charge in [-0.3, -0.25) is 9.59 Å². The van der Waals surface area contributed by atoms with Crippen LogP contribution in [0.3, 0.4) is 0 Å². The molecule has 1 saturated heterocycles. The summed E-state index contributed by atoms with van der Waals surface area (Å²) in [7, 11) is 1.17. The number of aliphatic carboxylic acids is 1. The van der Waals surface area contributed by atoms with Gasteiger partial charge in [-0.25, -0.2) is 4.79 Å². The average Bonchev–Trinajstić information content (AvgIpc) is 2.38. The number of esters is 1. The van der Waals surface area contributed by atoms with Crippen molar-refractivity contribution in [3.8, 4) is 0 Å². The lowest BCUT2D eigenvalue weighted by Gasteiger charge is -2.23. The first-order chi connectivity index (χ1) is 8.54. The van der Waals surface area contributed by atoms with Gasteiger partial charge in [0.05, 0.1) is 19.4 Å². The van der Waals surface area contributed by atoms with E-state index < -0.39 is 18.0 Å². The lowest BCUT2D eigenvalue weighted by Crippen LogP contribution is -2.48. The summed E-state index contributed by atoms with van der Waals surface area (Å²) < 4.78 is 4.39. The van der Waals surface area contributed by atoms with E-state index in [2.05, 4.69) is 15.4 Å². The minimum atomic E-state index is -1.24. The second-order valence-corrected chi connectivity index (χ2v) is 4.22. The minimum absolute atomic E-state index is 0.238. The van der Waals surface area contributed by atoms with Crippen molar-refractivity contribution in [2.24, 2.45) is 5.92 Å². The zero-order valence-electron chi connectivity index (χ0n) is 10.3. The van der Waals surface area contributed by atoms with Crippen LogP contribution in [0.2, 0.25) is 0 Å². The molecular formula is C11H18N2O5. The summed E-state index contributed by atoms with van der Waals surface area (Å²) in [6.07, 6.45) is 1.24. The standard InChI is InChI=1S/C11H18N2O5/c1-18-9(14)5-8(11(16)17)13-10(15)7-3-2-4-12-6-7/h7-8,12H,2-6H2,1H3,(H,13,15)(H,16,17)/t7-,8+/m1/s1. The fourth-order valence-corrected chi connectivity index (χ4v) is 1.82. The van der Waals surface area contributed by atoms with E-state index in [0.717, 1.165) is 19.4 Å². The molecule has 1 fully saturated rings. The third-order valence-electron chi connectivity index (χ3n) is 2.88. The van der Waals surface area contributed by atoms with Gasteiger partial charge in [0.2, 0.25) is 5.91 Å². The normalized spacial score (nSPS) is 20.8. The molecule has 18 heavy (non-hydrogen) atoms. The molecule has 0 radical (unpaired) electrons. The maximum Gasteiger partial charge on any atom is 0.326 e. The Kier molecular flexibility index (Phi) is 5.57. The van der Waals surface area contributed by atoms with Crippen LogP contribution in [0.4, 0.5) is 0 Å². The highest BCUT2D eigenvalue weighted by Gasteiger charge is 2.28. The maximum atomic E-state index is 11.8. The fourth-order valence-electron chi connectivity index (χ4n) is 1.82. The molecule has 0 bridgehead atoms. The van der Waals surface area contributed by atoms with Crippen molar-refractivity contribution in [1.82, 2.24) is 10.6 Å². The second kappa shape index (κ2) is 6.95. The van der Waals surface area contributed by atoms with Gasteiger partial charge in [0.15, 0.2) is 0 Å². The van der Waals surface area contributed by atoms with Crippen molar-refractivity contribution < 1.29 is 24.2 Å². The van der Waals surface area contributed by atoms with Gasteiger partial charge in [0.25, 0.3) is 0 Å². The largest absolute Gasteiger partial charge is 0.480 e. The summed E-state index contributed by atoms with van der Waals surface area (Å²) in [5.41, 5.74) is 0. The number of methoxy groups -OCH3 is 1. The predicted molar refractivity (Wildman–Crippen MR) is 61.8 cm³/mol. The molecule has 7 heteroatoms. The smallest absolute Gasteiger partial charge is 0.326 e. The average molecular weight is 258 g/mol. The molecule has 0 aromatic heterocycles. The molecule has 1 heterocycles. The Bertz CT molecular complexity index is 325. The number of amides is 1. The summed E-state index contributed by atoms with van der Waals surface area (Å²) in [5, 5.41) is 14.4. The van der Waals surface area contributed by atoms with Crippen molar-refractivity contribution >= 4 is 17.8 Å². The Morgan fingerprint density at radius 1 is 1.50 bits per heavy atom. The lowest BCUT2D eigenvalue weighted by molar-refractivity contribution is -0.149. The van der Waals surface area contributed by atoms with Crippen molar-refractivity contribution in [3.63, 3.8) is 0 Å². The topological polar surface area (TPSA) is 105 Å². The summed E-state index contributed by atoms with van der Waals surface area (Å²) in [5.74, 6) is -2.47. The van der Waals surface area contributed by atoms with E-state index in [4.69, 9.17) is 5.11 Å². The zero-order valence-corrected chi connectivity index (χ0v) is 10.3. The number of carbonyl (C=O) groups is 3. The molecule has 0 aliphatic carbocycles. The number of carbonyl (C=O) groups excluding carboxylic acids is 2. The van der Waals surface area contributed by atoms with Gasteiger partial charge in [0, 0.05) is 6.54 Å². The monoisotopic (exact) mass is 258 g/mol. The quantitative estimate of drug-likeness (QED) is 0.553. The van der Waals surface area contributed by atoms with Gasteiger partial charge in [-0.1, -0.05) is 0 Å². The Labute approximate surface area is 105 Å². The Morgan fingerprint density at radius 2 is 2.22 bits per heavy atom. The van der Waals surface area contributed by atoms with E-state index in [1.807, 2.05) is 0 Å². The first-order valence-electron chi connectivity index (χ1n) is 5.85. The van der Waals surface area contributed by atoms with E-state index in [1.165, 1.54) is 7.11 Å². The predicted octanol–water partition coefficient (Wildman–Crippen LogP) is -0.881. The first kappa shape index (κ1) is 14.4. The SMILES string of the molecule is COC(=O)C[C@H](NC(=O)[C@@H]1CCCNC1)C(=O)O. The number of carboxylic acids is 1. The van der Waals surface area contributed by atoms with Crippen LogP contribution in [0.15, 0.2) is 0 Å². The van der Waals surface area contributed by atoms with Gasteiger partial charge in [-0.2, -0.15) is 0 Å². The number of piperidine rings is 1. The van der Waals surface area contributed by atoms with E-state index in [1.54, 1.807) is 0 Å². The van der Waals surface area contributed by atoms with Gasteiger partial charge >= 0.3 is 11.9 Å². The molecular weight excluding hydrogens is 240 g/mol. The van der Waals surface area contributed by atoms with Gasteiger partial charge in [0.1, 0.15) is 6.04 Å². The molecule has 102 valence electrons. The molecule has 7 nitrogen and oxygen atoms in total. The number of ether oxygens (including phenoxy) is 1. The van der Waals surface area contributed by atoms with Crippen LogP contribution in [-0.4, -0.2) is 49.2 Å². The summed E-state index contributed by atoms with van der Waals surface area (Å²) in [6, 6.07) is -1.23. The molecule has 1 amide bonds. The Balaban J connectivity index is 2.51. The van der Waals surface area contributed by atoms with Gasteiger partial charge < -0.3 is 20.5 Å². The van der Waals surface area contributed by atoms with Crippen LogP contribution in [-0.2, 0) is 19.1 Å². The zero-order chi connectivity index (χ0) is 13.5. The van der Waals surface area contributed by atoms with Crippen molar-refractivity contribution in [3.05, 3.63) is 0 Å². The molecule has 2 atom stereocenters. The molecule has 1 rings (SSSR count). The highest BCUT2D eigenvalue weighted by atomic mass is 16.5. The van der Waals surface area contributed by atoms with E-state index in [-0.39, 0.29) is 18.2 Å². The highest BCUT2D eigenvalue weighted by Crippen LogP contribution is 2.10. The van der Waals surface area contributed by atoms with E-state index >= 15 is 0 Å². The van der Waals surface area contributed by atoms with E-state index in [0.29, 0.717) is 6.54 Å². The summed E-state index contributed by atoms with van der Waals surface area (Å²) >= 11 is 0. The molecule has 1 aliphatic heterocycles. The lowest BCUT2D eigenvalue weighted by atomic mass is 9.98. The molecule has 3 N–H and O–H groups in total. The number of hydrogen-bond acceptors (Lipinski definition) is 5. The number of hydrogen-bond donors (Lipinski definition) is 3. The number of nitrogens with one attached hydrogen (secondary N) is 2. The Morgan fingerprint density at radius 3 is 2.72 bits per heavy atom. The second-order valence-electron chi connectivity index (χ2n) is 4.22. The fraction of sp³-hybridized carbons (Fsp3) is 0.727. The van der Waals surface area contributed by atoms with E-state index in [9.17, 15) is 14.4 Å². The molecule has 0 spiro atoms. The van der Waals surface area contributed by atoms with Gasteiger partial charge in [-0.15, -0.1) is 0 Å². The third kappa shape index (κ3) is 4.33. The third-order valence-corrected chi connectivity index (χ3v) is 2.88. The molecule has 0 aromatic carbocycles. The number of carboxylic acid groups (broad SMARTS) is 1. The minimum Gasteiger partial charge on any atom is -0.480 e. The maximum absolute atomic E-state index is 11.8. The highest BCUT2D eigenvalue weighted by molar-refractivity contribution is 5.88. The molecule has 0 saturated carbocycles. The molecule has 1 aliphatic rings. The van der Waals surface area contributed by atoms with Crippen LogP contribution in [0.1, 0.15) is 19.3 Å². The molecule has 0 aromatic rings. The van der Waals surface area contributed by atoms with Gasteiger partial charge in [-0.05, 0) is 19.4 Å². The van der Waals surface area contributed by atoms with Crippen molar-refractivity contribution in [2.45, 2.75) is 25.3 Å². The molecule has 0 unspecified atom stereocenters. The van der Waals surface area contributed by atoms with Crippen molar-refractivity contribution in [1.29, 1.82) is 0 Å². The van der Waals surface area contributed by atoms with Crippen LogP contribution >= 0.6 is 0 Å². The van der Waals surface area contributed by atoms with Crippen LogP contribution in [0.25, 0.3) is 0 Å².